The van der Waals surface area contributed by atoms with E-state index in [0.717, 1.165) is 25.7 Å². The standard InChI is InChI=1S/C9H13N3O2/c13-9(14)8-6-10-11-12(8)7-4-2-1-3-5-7/h6-7H,1-5H2,(H,13,14). The van der Waals surface area contributed by atoms with Gasteiger partial charge in [-0.1, -0.05) is 24.5 Å². The fourth-order valence-corrected chi connectivity index (χ4v) is 1.99. The summed E-state index contributed by atoms with van der Waals surface area (Å²) in [7, 11) is 0. The van der Waals surface area contributed by atoms with Gasteiger partial charge in [0.2, 0.25) is 0 Å². The summed E-state index contributed by atoms with van der Waals surface area (Å²) < 4.78 is 1.56. The molecule has 1 aromatic rings. The van der Waals surface area contributed by atoms with E-state index < -0.39 is 5.97 Å². The van der Waals surface area contributed by atoms with E-state index in [2.05, 4.69) is 10.3 Å². The van der Waals surface area contributed by atoms with Gasteiger partial charge < -0.3 is 5.11 Å². The molecule has 1 N–H and O–H groups in total. The average Bonchev–Trinajstić information content (AvgIpc) is 2.67. The minimum absolute atomic E-state index is 0.205. The van der Waals surface area contributed by atoms with Gasteiger partial charge in [-0.3, -0.25) is 0 Å². The zero-order chi connectivity index (χ0) is 9.97. The number of carbonyl (C=O) groups is 1. The van der Waals surface area contributed by atoms with Crippen LogP contribution in [0, 0.1) is 0 Å². The lowest BCUT2D eigenvalue weighted by atomic mass is 9.95. The fraction of sp³-hybridized carbons (Fsp3) is 0.667. The molecule has 0 unspecified atom stereocenters. The monoisotopic (exact) mass is 195 g/mol. The van der Waals surface area contributed by atoms with Crippen molar-refractivity contribution >= 4 is 5.97 Å². The molecule has 1 aliphatic carbocycles. The van der Waals surface area contributed by atoms with E-state index in [1.807, 2.05) is 0 Å². The first-order valence-corrected chi connectivity index (χ1v) is 4.92. The molecule has 1 saturated carbocycles. The number of hydrogen-bond donors (Lipinski definition) is 1. The Hall–Kier alpha value is -1.39. The van der Waals surface area contributed by atoms with Gasteiger partial charge in [-0.2, -0.15) is 0 Å². The molecule has 0 saturated heterocycles. The third-order valence-corrected chi connectivity index (χ3v) is 2.71. The summed E-state index contributed by atoms with van der Waals surface area (Å²) in [6.07, 6.45) is 6.91. The van der Waals surface area contributed by atoms with Crippen molar-refractivity contribution in [2.24, 2.45) is 0 Å². The lowest BCUT2D eigenvalue weighted by Crippen LogP contribution is -2.18. The topological polar surface area (TPSA) is 68.0 Å². The first-order chi connectivity index (χ1) is 6.79. The van der Waals surface area contributed by atoms with Crippen LogP contribution in [0.5, 0.6) is 0 Å². The van der Waals surface area contributed by atoms with Crippen LogP contribution < -0.4 is 0 Å². The van der Waals surface area contributed by atoms with Crippen molar-refractivity contribution in [2.45, 2.75) is 38.1 Å². The summed E-state index contributed by atoms with van der Waals surface area (Å²) in [6.45, 7) is 0. The first-order valence-electron chi connectivity index (χ1n) is 4.92. The van der Waals surface area contributed by atoms with Crippen LogP contribution in [-0.2, 0) is 0 Å². The van der Waals surface area contributed by atoms with E-state index >= 15 is 0 Å². The molecule has 1 aliphatic rings. The molecule has 0 bridgehead atoms. The zero-order valence-corrected chi connectivity index (χ0v) is 7.89. The predicted octanol–water partition coefficient (Wildman–Crippen LogP) is 1.48. The number of rotatable bonds is 2. The SMILES string of the molecule is O=C(O)c1cnnn1C1CCCCC1. The highest BCUT2D eigenvalue weighted by Gasteiger charge is 2.21. The van der Waals surface area contributed by atoms with Crippen molar-refractivity contribution in [3.63, 3.8) is 0 Å². The van der Waals surface area contributed by atoms with E-state index in [1.54, 1.807) is 4.68 Å². The molecule has 0 spiro atoms. The van der Waals surface area contributed by atoms with Gasteiger partial charge >= 0.3 is 5.97 Å². The van der Waals surface area contributed by atoms with Crippen LogP contribution in [0.3, 0.4) is 0 Å². The second-order valence-corrected chi connectivity index (χ2v) is 3.66. The van der Waals surface area contributed by atoms with Crippen LogP contribution in [0.1, 0.15) is 48.6 Å². The quantitative estimate of drug-likeness (QED) is 0.776. The maximum atomic E-state index is 10.8. The molecule has 0 amide bonds. The van der Waals surface area contributed by atoms with Crippen molar-refractivity contribution in [2.75, 3.05) is 0 Å². The Labute approximate surface area is 81.7 Å². The Balaban J connectivity index is 2.21. The molecule has 5 heteroatoms. The Bertz CT molecular complexity index is 329. The smallest absolute Gasteiger partial charge is 0.355 e. The van der Waals surface area contributed by atoms with E-state index in [9.17, 15) is 4.79 Å². The van der Waals surface area contributed by atoms with Crippen LogP contribution in [0.4, 0.5) is 0 Å². The highest BCUT2D eigenvalue weighted by molar-refractivity contribution is 5.85. The number of nitrogens with zero attached hydrogens (tertiary/aromatic N) is 3. The van der Waals surface area contributed by atoms with Crippen LogP contribution in [-0.4, -0.2) is 26.1 Å². The second kappa shape index (κ2) is 3.77. The van der Waals surface area contributed by atoms with Gasteiger partial charge in [-0.25, -0.2) is 9.48 Å². The van der Waals surface area contributed by atoms with Gasteiger partial charge in [0.15, 0.2) is 5.69 Å². The van der Waals surface area contributed by atoms with Crippen molar-refractivity contribution in [1.82, 2.24) is 15.0 Å². The number of hydrogen-bond acceptors (Lipinski definition) is 3. The second-order valence-electron chi connectivity index (χ2n) is 3.66. The van der Waals surface area contributed by atoms with Gasteiger partial charge in [0.05, 0.1) is 12.2 Å². The lowest BCUT2D eigenvalue weighted by molar-refractivity contribution is 0.0678. The summed E-state index contributed by atoms with van der Waals surface area (Å²) in [5.74, 6) is -0.944. The van der Waals surface area contributed by atoms with E-state index in [0.29, 0.717) is 0 Å². The molecule has 0 aromatic carbocycles. The fourth-order valence-electron chi connectivity index (χ4n) is 1.99. The maximum absolute atomic E-state index is 10.8. The number of aromatic carboxylic acids is 1. The van der Waals surface area contributed by atoms with E-state index in [1.165, 1.54) is 12.6 Å². The highest BCUT2D eigenvalue weighted by atomic mass is 16.4. The van der Waals surface area contributed by atoms with E-state index in [4.69, 9.17) is 5.11 Å². The van der Waals surface area contributed by atoms with Crippen molar-refractivity contribution in [3.8, 4) is 0 Å². The van der Waals surface area contributed by atoms with Crippen molar-refractivity contribution < 1.29 is 9.90 Å². The minimum atomic E-state index is -0.944. The first kappa shape index (κ1) is 9.18. The predicted molar refractivity (Wildman–Crippen MR) is 49.1 cm³/mol. The average molecular weight is 195 g/mol. The van der Waals surface area contributed by atoms with Gasteiger partial charge in [-0.05, 0) is 12.8 Å². The molecule has 1 aromatic heterocycles. The van der Waals surface area contributed by atoms with Crippen LogP contribution in [0.2, 0.25) is 0 Å². The normalized spacial score (nSPS) is 18.3. The molecular formula is C9H13N3O2. The summed E-state index contributed by atoms with van der Waals surface area (Å²) in [4.78, 5) is 10.8. The Morgan fingerprint density at radius 2 is 2.14 bits per heavy atom. The van der Waals surface area contributed by atoms with Crippen LogP contribution >= 0.6 is 0 Å². The third kappa shape index (κ3) is 1.62. The Morgan fingerprint density at radius 1 is 1.43 bits per heavy atom. The van der Waals surface area contributed by atoms with Crippen molar-refractivity contribution in [1.29, 1.82) is 0 Å². The van der Waals surface area contributed by atoms with Gasteiger partial charge in [0.1, 0.15) is 0 Å². The highest BCUT2D eigenvalue weighted by Crippen LogP contribution is 2.27. The van der Waals surface area contributed by atoms with Crippen molar-refractivity contribution in [3.05, 3.63) is 11.9 Å². The molecule has 0 radical (unpaired) electrons. The molecule has 2 rings (SSSR count). The van der Waals surface area contributed by atoms with Gasteiger partial charge in [0.25, 0.3) is 0 Å². The lowest BCUT2D eigenvalue weighted by Gasteiger charge is -2.22. The zero-order valence-electron chi connectivity index (χ0n) is 7.89. The van der Waals surface area contributed by atoms with E-state index in [-0.39, 0.29) is 11.7 Å². The molecule has 76 valence electrons. The largest absolute Gasteiger partial charge is 0.476 e. The van der Waals surface area contributed by atoms with Crippen LogP contribution in [0.25, 0.3) is 0 Å². The summed E-state index contributed by atoms with van der Waals surface area (Å²) in [5.41, 5.74) is 0.205. The third-order valence-electron chi connectivity index (χ3n) is 2.71. The Kier molecular flexibility index (Phi) is 2.47. The summed E-state index contributed by atoms with van der Waals surface area (Å²) in [5, 5.41) is 16.4. The Morgan fingerprint density at radius 3 is 2.79 bits per heavy atom. The maximum Gasteiger partial charge on any atom is 0.355 e. The number of carboxylic acids is 1. The molecule has 5 nitrogen and oxygen atoms in total. The molecule has 0 atom stereocenters. The summed E-state index contributed by atoms with van der Waals surface area (Å²) >= 11 is 0. The molecular weight excluding hydrogens is 182 g/mol. The van der Waals surface area contributed by atoms with Gasteiger partial charge in [-0.15, -0.1) is 5.10 Å². The van der Waals surface area contributed by atoms with Gasteiger partial charge in [0, 0.05) is 0 Å². The number of carboxylic acid groups (broad SMARTS) is 1. The molecule has 1 fully saturated rings. The minimum Gasteiger partial charge on any atom is -0.476 e. The van der Waals surface area contributed by atoms with Crippen LogP contribution in [0.15, 0.2) is 6.20 Å². The molecule has 14 heavy (non-hydrogen) atoms. The summed E-state index contributed by atoms with van der Waals surface area (Å²) in [6, 6.07) is 0.234. The molecule has 1 heterocycles. The number of aromatic nitrogens is 3. The molecule has 0 aliphatic heterocycles.